The maximum absolute atomic E-state index is 11.0. The molecule has 0 bridgehead atoms. The number of nitrogen functional groups attached to an aromatic ring is 1. The molecule has 0 aromatic heterocycles. The van der Waals surface area contributed by atoms with E-state index >= 15 is 0 Å². The van der Waals surface area contributed by atoms with E-state index in [0.717, 1.165) is 11.3 Å². The molecule has 0 aliphatic rings. The smallest absolute Gasteiger partial charge is 0.335 e. The molecule has 0 amide bonds. The molecule has 0 spiro atoms. The number of anilines is 3. The van der Waals surface area contributed by atoms with E-state index in [-0.39, 0.29) is 5.56 Å². The topological polar surface area (TPSA) is 66.6 Å². The lowest BCUT2D eigenvalue weighted by molar-refractivity contribution is 0.0697. The number of benzene rings is 2. The number of hydrogen-bond donors (Lipinski definition) is 2. The Bertz CT molecular complexity index is 623. The minimum absolute atomic E-state index is 0.226. The summed E-state index contributed by atoms with van der Waals surface area (Å²) in [7, 11) is 1.87. The SMILES string of the molecule is Cc1cccc(N(C)c2cc(C(=O)O)ccc2N)c1. The number of carboxylic acids is 1. The Labute approximate surface area is 112 Å². The van der Waals surface area contributed by atoms with Gasteiger partial charge in [-0.25, -0.2) is 4.79 Å². The molecule has 0 fully saturated rings. The van der Waals surface area contributed by atoms with Gasteiger partial charge in [0.05, 0.1) is 16.9 Å². The molecule has 0 unspecified atom stereocenters. The number of rotatable bonds is 3. The van der Waals surface area contributed by atoms with E-state index in [2.05, 4.69) is 0 Å². The van der Waals surface area contributed by atoms with Crippen molar-refractivity contribution in [3.05, 3.63) is 53.6 Å². The summed E-state index contributed by atoms with van der Waals surface area (Å²) in [5.41, 5.74) is 9.50. The third-order valence-electron chi connectivity index (χ3n) is 3.03. The first-order chi connectivity index (χ1) is 8.99. The lowest BCUT2D eigenvalue weighted by Gasteiger charge is -2.22. The fourth-order valence-corrected chi connectivity index (χ4v) is 1.94. The molecule has 19 heavy (non-hydrogen) atoms. The summed E-state index contributed by atoms with van der Waals surface area (Å²) in [6.45, 7) is 2.01. The Hall–Kier alpha value is -2.49. The van der Waals surface area contributed by atoms with Crippen LogP contribution in [0.3, 0.4) is 0 Å². The Morgan fingerprint density at radius 3 is 2.58 bits per heavy atom. The van der Waals surface area contributed by atoms with E-state index in [9.17, 15) is 4.79 Å². The van der Waals surface area contributed by atoms with Crippen LogP contribution in [0.25, 0.3) is 0 Å². The quantitative estimate of drug-likeness (QED) is 0.828. The van der Waals surface area contributed by atoms with Crippen molar-refractivity contribution in [1.82, 2.24) is 0 Å². The van der Waals surface area contributed by atoms with Gasteiger partial charge in [-0.3, -0.25) is 0 Å². The van der Waals surface area contributed by atoms with Crippen molar-refractivity contribution in [2.24, 2.45) is 0 Å². The van der Waals surface area contributed by atoms with Gasteiger partial charge in [-0.2, -0.15) is 0 Å². The Morgan fingerprint density at radius 1 is 1.21 bits per heavy atom. The highest BCUT2D eigenvalue weighted by atomic mass is 16.4. The maximum Gasteiger partial charge on any atom is 0.335 e. The number of aromatic carboxylic acids is 1. The zero-order valence-electron chi connectivity index (χ0n) is 10.9. The normalized spacial score (nSPS) is 10.2. The molecule has 0 saturated carbocycles. The number of aryl methyl sites for hydroxylation is 1. The van der Waals surface area contributed by atoms with Gasteiger partial charge in [-0.1, -0.05) is 12.1 Å². The molecule has 2 aromatic rings. The molecule has 2 aromatic carbocycles. The molecule has 0 saturated heterocycles. The minimum atomic E-state index is -0.959. The Morgan fingerprint density at radius 2 is 1.95 bits per heavy atom. The van der Waals surface area contributed by atoms with E-state index in [1.54, 1.807) is 12.1 Å². The second-order valence-corrected chi connectivity index (χ2v) is 4.48. The summed E-state index contributed by atoms with van der Waals surface area (Å²) in [6.07, 6.45) is 0. The largest absolute Gasteiger partial charge is 0.478 e. The molecular formula is C15H16N2O2. The van der Waals surface area contributed by atoms with Crippen LogP contribution < -0.4 is 10.6 Å². The van der Waals surface area contributed by atoms with Gasteiger partial charge in [0, 0.05) is 12.7 Å². The van der Waals surface area contributed by atoms with Crippen LogP contribution in [-0.4, -0.2) is 18.1 Å². The lowest BCUT2D eigenvalue weighted by Crippen LogP contribution is -2.12. The molecule has 4 heteroatoms. The van der Waals surface area contributed by atoms with Crippen LogP contribution in [-0.2, 0) is 0 Å². The highest BCUT2D eigenvalue weighted by molar-refractivity contribution is 5.91. The van der Waals surface area contributed by atoms with Crippen LogP contribution in [0.2, 0.25) is 0 Å². The standard InChI is InChI=1S/C15H16N2O2/c1-10-4-3-5-12(8-10)17(2)14-9-11(15(18)19)6-7-13(14)16/h3-9H,16H2,1-2H3,(H,18,19). The summed E-state index contributed by atoms with van der Waals surface area (Å²) in [4.78, 5) is 12.9. The van der Waals surface area contributed by atoms with Crippen molar-refractivity contribution in [2.75, 3.05) is 17.7 Å². The summed E-state index contributed by atoms with van der Waals surface area (Å²) in [6, 6.07) is 12.6. The summed E-state index contributed by atoms with van der Waals surface area (Å²) >= 11 is 0. The van der Waals surface area contributed by atoms with E-state index in [1.807, 2.05) is 43.1 Å². The molecule has 0 aliphatic heterocycles. The zero-order chi connectivity index (χ0) is 14.0. The summed E-state index contributed by atoms with van der Waals surface area (Å²) in [5, 5.41) is 9.04. The predicted octanol–water partition coefficient (Wildman–Crippen LogP) is 3.04. The van der Waals surface area contributed by atoms with Crippen molar-refractivity contribution < 1.29 is 9.90 Å². The van der Waals surface area contributed by atoms with Crippen LogP contribution in [0.5, 0.6) is 0 Å². The van der Waals surface area contributed by atoms with E-state index in [1.165, 1.54) is 6.07 Å². The number of hydrogen-bond acceptors (Lipinski definition) is 3. The predicted molar refractivity (Wildman–Crippen MR) is 77.1 cm³/mol. The van der Waals surface area contributed by atoms with Gasteiger partial charge in [0.15, 0.2) is 0 Å². The van der Waals surface area contributed by atoms with Gasteiger partial charge < -0.3 is 15.7 Å². The first kappa shape index (κ1) is 13.0. The van der Waals surface area contributed by atoms with Crippen LogP contribution in [0.15, 0.2) is 42.5 Å². The third-order valence-corrected chi connectivity index (χ3v) is 3.03. The molecule has 0 heterocycles. The molecular weight excluding hydrogens is 240 g/mol. The van der Waals surface area contributed by atoms with Crippen molar-refractivity contribution in [2.45, 2.75) is 6.92 Å². The van der Waals surface area contributed by atoms with E-state index < -0.39 is 5.97 Å². The molecule has 4 nitrogen and oxygen atoms in total. The Balaban J connectivity index is 2.46. The Kier molecular flexibility index (Phi) is 3.42. The van der Waals surface area contributed by atoms with Gasteiger partial charge in [0.2, 0.25) is 0 Å². The van der Waals surface area contributed by atoms with Crippen molar-refractivity contribution in [3.63, 3.8) is 0 Å². The second-order valence-electron chi connectivity index (χ2n) is 4.48. The van der Waals surface area contributed by atoms with Crippen LogP contribution in [0.4, 0.5) is 17.1 Å². The monoisotopic (exact) mass is 256 g/mol. The average molecular weight is 256 g/mol. The van der Waals surface area contributed by atoms with Gasteiger partial charge in [-0.05, 0) is 42.8 Å². The number of nitrogens with two attached hydrogens (primary N) is 1. The van der Waals surface area contributed by atoms with Crippen molar-refractivity contribution in [1.29, 1.82) is 0 Å². The first-order valence-corrected chi connectivity index (χ1v) is 5.92. The fraction of sp³-hybridized carbons (Fsp3) is 0.133. The van der Waals surface area contributed by atoms with Gasteiger partial charge in [0.1, 0.15) is 0 Å². The van der Waals surface area contributed by atoms with Crippen LogP contribution >= 0.6 is 0 Å². The van der Waals surface area contributed by atoms with E-state index in [4.69, 9.17) is 10.8 Å². The van der Waals surface area contributed by atoms with Crippen LogP contribution in [0, 0.1) is 6.92 Å². The van der Waals surface area contributed by atoms with E-state index in [0.29, 0.717) is 11.4 Å². The summed E-state index contributed by atoms with van der Waals surface area (Å²) in [5.74, 6) is -0.959. The second kappa shape index (κ2) is 5.02. The van der Waals surface area contributed by atoms with Gasteiger partial charge in [0.25, 0.3) is 0 Å². The maximum atomic E-state index is 11.0. The molecule has 0 radical (unpaired) electrons. The van der Waals surface area contributed by atoms with Crippen molar-refractivity contribution >= 4 is 23.0 Å². The lowest BCUT2D eigenvalue weighted by atomic mass is 10.1. The number of carboxylic acid groups (broad SMARTS) is 1. The molecule has 3 N–H and O–H groups in total. The van der Waals surface area contributed by atoms with Gasteiger partial charge >= 0.3 is 5.97 Å². The zero-order valence-corrected chi connectivity index (χ0v) is 10.9. The molecule has 0 atom stereocenters. The number of nitrogens with zero attached hydrogens (tertiary/aromatic N) is 1. The number of carbonyl (C=O) groups is 1. The van der Waals surface area contributed by atoms with Crippen molar-refractivity contribution in [3.8, 4) is 0 Å². The minimum Gasteiger partial charge on any atom is -0.478 e. The highest BCUT2D eigenvalue weighted by Gasteiger charge is 2.11. The first-order valence-electron chi connectivity index (χ1n) is 5.92. The molecule has 0 aliphatic carbocycles. The molecule has 2 rings (SSSR count). The average Bonchev–Trinajstić information content (AvgIpc) is 2.38. The highest BCUT2D eigenvalue weighted by Crippen LogP contribution is 2.30. The molecule has 98 valence electrons. The third kappa shape index (κ3) is 2.68. The fourth-order valence-electron chi connectivity index (χ4n) is 1.94. The van der Waals surface area contributed by atoms with Crippen LogP contribution in [0.1, 0.15) is 15.9 Å². The van der Waals surface area contributed by atoms with Gasteiger partial charge in [-0.15, -0.1) is 0 Å². The summed E-state index contributed by atoms with van der Waals surface area (Å²) < 4.78 is 0.